The summed E-state index contributed by atoms with van der Waals surface area (Å²) >= 11 is 20.1. The molecule has 0 spiro atoms. The summed E-state index contributed by atoms with van der Waals surface area (Å²) in [6.45, 7) is 0. The number of carbonyl (C=O) groups is 2. The molecule has 0 N–H and O–H groups in total. The number of hydrogen-bond donors (Lipinski definition) is 0. The SMILES string of the molecule is O=C([S-])c1ccccc1Cl.O=C([S-])c1ccccc1Cl.[Zn+2]. The second-order valence-corrected chi connectivity index (χ2v) is 5.09. The van der Waals surface area contributed by atoms with E-state index in [9.17, 15) is 9.59 Å². The molecule has 0 fully saturated rings. The van der Waals surface area contributed by atoms with Crippen LogP contribution in [0.5, 0.6) is 0 Å². The zero-order valence-electron chi connectivity index (χ0n) is 10.7. The zero-order chi connectivity index (χ0) is 15.1. The van der Waals surface area contributed by atoms with Crippen LogP contribution < -0.4 is 0 Å². The standard InChI is InChI=1S/2C7H5ClOS.Zn/c2*8-6-4-2-1-3-5(6)7(9)10;/h2*1-4H,(H,9,10);/q;;+2/p-2. The van der Waals surface area contributed by atoms with Crippen LogP contribution in [-0.4, -0.2) is 10.2 Å². The van der Waals surface area contributed by atoms with Crippen molar-refractivity contribution in [2.24, 2.45) is 0 Å². The van der Waals surface area contributed by atoms with E-state index in [2.05, 4.69) is 25.3 Å². The van der Waals surface area contributed by atoms with Gasteiger partial charge >= 0.3 is 19.5 Å². The molecule has 0 atom stereocenters. The number of hydrogen-bond acceptors (Lipinski definition) is 4. The molecular weight excluding hydrogens is 401 g/mol. The predicted octanol–water partition coefficient (Wildman–Crippen LogP) is 4.05. The molecule has 0 unspecified atom stereocenters. The van der Waals surface area contributed by atoms with Crippen LogP contribution in [0, 0.1) is 0 Å². The van der Waals surface area contributed by atoms with Gasteiger partial charge in [-0.15, -0.1) is 0 Å². The summed E-state index contributed by atoms with van der Waals surface area (Å²) in [7, 11) is 0. The Kier molecular flexibility index (Phi) is 9.92. The van der Waals surface area contributed by atoms with Crippen LogP contribution in [0.25, 0.3) is 0 Å². The molecular formula is C14H8Cl2O2S2Zn. The predicted molar refractivity (Wildman–Crippen MR) is 86.3 cm³/mol. The fourth-order valence-corrected chi connectivity index (χ4v) is 2.16. The van der Waals surface area contributed by atoms with Crippen LogP contribution in [0.4, 0.5) is 0 Å². The maximum absolute atomic E-state index is 10.6. The summed E-state index contributed by atoms with van der Waals surface area (Å²) in [5, 5.41) is 0.0150. The molecule has 7 heteroatoms. The first-order chi connectivity index (χ1) is 9.43. The molecule has 0 saturated carbocycles. The van der Waals surface area contributed by atoms with Gasteiger partial charge in [-0.25, -0.2) is 0 Å². The van der Waals surface area contributed by atoms with Gasteiger partial charge in [0.2, 0.25) is 0 Å². The maximum Gasteiger partial charge on any atom is 2.00 e. The van der Waals surface area contributed by atoms with Crippen molar-refractivity contribution >= 4 is 58.7 Å². The first-order valence-corrected chi connectivity index (χ1v) is 6.92. The monoisotopic (exact) mass is 406 g/mol. The van der Waals surface area contributed by atoms with Gasteiger partial charge in [0.05, 0.1) is 0 Å². The van der Waals surface area contributed by atoms with E-state index >= 15 is 0 Å². The second kappa shape index (κ2) is 10.2. The van der Waals surface area contributed by atoms with Gasteiger partial charge in [0, 0.05) is 31.4 Å². The smallest absolute Gasteiger partial charge is 0.737 e. The minimum absolute atomic E-state index is 0. The van der Waals surface area contributed by atoms with Crippen molar-refractivity contribution in [3.63, 3.8) is 0 Å². The Hall–Kier alpha value is -0.577. The molecule has 0 aromatic heterocycles. The Balaban J connectivity index is 0.000000364. The molecule has 0 bridgehead atoms. The van der Waals surface area contributed by atoms with Crippen molar-refractivity contribution in [2.75, 3.05) is 0 Å². The number of halogens is 2. The van der Waals surface area contributed by atoms with Crippen LogP contribution in [0.1, 0.15) is 20.7 Å². The first kappa shape index (κ1) is 20.4. The maximum atomic E-state index is 10.6. The third kappa shape index (κ3) is 6.81. The van der Waals surface area contributed by atoms with Gasteiger partial charge in [0.25, 0.3) is 0 Å². The Bertz CT molecular complexity index is 580. The first-order valence-electron chi connectivity index (χ1n) is 5.35. The topological polar surface area (TPSA) is 34.1 Å². The molecule has 104 valence electrons. The van der Waals surface area contributed by atoms with E-state index in [1.54, 1.807) is 48.5 Å². The van der Waals surface area contributed by atoms with E-state index in [4.69, 9.17) is 23.2 Å². The third-order valence-corrected chi connectivity index (χ3v) is 3.29. The van der Waals surface area contributed by atoms with Gasteiger partial charge in [-0.2, -0.15) is 0 Å². The summed E-state index contributed by atoms with van der Waals surface area (Å²) in [4.78, 5) is 21.2. The zero-order valence-corrected chi connectivity index (χ0v) is 16.8. The van der Waals surface area contributed by atoms with Crippen LogP contribution in [-0.2, 0) is 44.7 Å². The van der Waals surface area contributed by atoms with Crippen molar-refractivity contribution in [3.05, 3.63) is 69.7 Å². The van der Waals surface area contributed by atoms with E-state index in [-0.39, 0.29) is 19.5 Å². The minimum atomic E-state index is -0.411. The van der Waals surface area contributed by atoms with Gasteiger partial charge in [0.15, 0.2) is 0 Å². The summed E-state index contributed by atoms with van der Waals surface area (Å²) in [6.07, 6.45) is 0. The van der Waals surface area contributed by atoms with Gasteiger partial charge in [-0.1, -0.05) is 59.6 Å². The number of carbonyl (C=O) groups excluding carboxylic acids is 2. The Morgan fingerprint density at radius 3 is 1.19 bits per heavy atom. The van der Waals surface area contributed by atoms with E-state index in [1.807, 2.05) is 0 Å². The molecule has 0 aliphatic carbocycles. The van der Waals surface area contributed by atoms with Crippen molar-refractivity contribution in [3.8, 4) is 0 Å². The van der Waals surface area contributed by atoms with Crippen molar-refractivity contribution < 1.29 is 29.1 Å². The van der Waals surface area contributed by atoms with Crippen LogP contribution in [0.2, 0.25) is 10.0 Å². The molecule has 0 aliphatic rings. The molecule has 2 rings (SSSR count). The summed E-state index contributed by atoms with van der Waals surface area (Å²) < 4.78 is 0. The van der Waals surface area contributed by atoms with Gasteiger partial charge < -0.3 is 34.8 Å². The van der Waals surface area contributed by atoms with Gasteiger partial charge in [-0.05, 0) is 12.1 Å². The Labute approximate surface area is 156 Å². The van der Waals surface area contributed by atoms with Gasteiger partial charge in [-0.3, -0.25) is 0 Å². The van der Waals surface area contributed by atoms with Crippen molar-refractivity contribution in [1.29, 1.82) is 0 Å². The molecule has 0 aliphatic heterocycles. The van der Waals surface area contributed by atoms with E-state index in [0.717, 1.165) is 0 Å². The average Bonchev–Trinajstić information content (AvgIpc) is 2.40. The molecule has 0 radical (unpaired) electrons. The van der Waals surface area contributed by atoms with Gasteiger partial charge in [0.1, 0.15) is 0 Å². The summed E-state index contributed by atoms with van der Waals surface area (Å²) in [5.41, 5.74) is 0.804. The third-order valence-electron chi connectivity index (χ3n) is 2.19. The largest absolute Gasteiger partial charge is 2.00 e. The number of rotatable bonds is 2. The van der Waals surface area contributed by atoms with E-state index in [1.165, 1.54) is 0 Å². The van der Waals surface area contributed by atoms with Crippen molar-refractivity contribution in [2.45, 2.75) is 0 Å². The fourth-order valence-electron chi connectivity index (χ4n) is 1.25. The quantitative estimate of drug-likeness (QED) is 0.554. The normalized spacial score (nSPS) is 8.86. The summed E-state index contributed by atoms with van der Waals surface area (Å²) in [5.74, 6) is 0. The molecule has 21 heavy (non-hydrogen) atoms. The van der Waals surface area contributed by atoms with E-state index < -0.39 is 10.2 Å². The average molecular weight is 409 g/mol. The minimum Gasteiger partial charge on any atom is -0.737 e. The molecule has 2 nitrogen and oxygen atoms in total. The molecule has 0 amide bonds. The molecule has 2 aromatic rings. The second-order valence-electron chi connectivity index (χ2n) is 3.53. The van der Waals surface area contributed by atoms with Crippen molar-refractivity contribution in [1.82, 2.24) is 0 Å². The molecule has 2 aromatic carbocycles. The Morgan fingerprint density at radius 2 is 1.00 bits per heavy atom. The summed E-state index contributed by atoms with van der Waals surface area (Å²) in [6, 6.07) is 13.5. The molecule has 0 heterocycles. The fraction of sp³-hybridized carbons (Fsp3) is 0. The van der Waals surface area contributed by atoms with Crippen LogP contribution >= 0.6 is 23.2 Å². The Morgan fingerprint density at radius 1 is 0.714 bits per heavy atom. The van der Waals surface area contributed by atoms with E-state index in [0.29, 0.717) is 21.2 Å². The number of benzene rings is 2. The molecule has 0 saturated heterocycles. The van der Waals surface area contributed by atoms with Crippen LogP contribution in [0.3, 0.4) is 0 Å². The van der Waals surface area contributed by atoms with Crippen LogP contribution in [0.15, 0.2) is 48.5 Å².